The fraction of sp³-hybridized carbons (Fsp3) is 0.238. The van der Waals surface area contributed by atoms with E-state index in [4.69, 9.17) is 0 Å². The van der Waals surface area contributed by atoms with Crippen LogP contribution < -0.4 is 20.9 Å². The summed E-state index contributed by atoms with van der Waals surface area (Å²) in [6, 6.07) is 15.5. The number of rotatable bonds is 5. The number of thiazole rings is 1. The average Bonchev–Trinajstić information content (AvgIpc) is 3.38. The lowest BCUT2D eigenvalue weighted by Gasteiger charge is -2.29. The minimum Gasteiger partial charge on any atom is -0.359 e. The van der Waals surface area contributed by atoms with E-state index in [9.17, 15) is 4.79 Å². The summed E-state index contributed by atoms with van der Waals surface area (Å²) in [4.78, 5) is 19.2. The Hall–Kier alpha value is -3.06. The first-order valence-corrected chi connectivity index (χ1v) is 10.3. The number of amides is 2. The summed E-state index contributed by atoms with van der Waals surface area (Å²) in [6.45, 7) is 4.14. The van der Waals surface area contributed by atoms with Crippen LogP contribution in [0.15, 0.2) is 59.4 Å². The molecule has 4 rings (SSSR count). The van der Waals surface area contributed by atoms with Crippen LogP contribution in [-0.2, 0) is 0 Å². The number of hydrogen-bond donors (Lipinski definition) is 3. The molecule has 3 N–H and O–H groups in total. The number of aromatic nitrogens is 1. The molecule has 3 aromatic rings. The molecule has 144 valence electrons. The third-order valence-corrected chi connectivity index (χ3v) is 5.51. The van der Waals surface area contributed by atoms with Crippen molar-refractivity contribution in [3.05, 3.63) is 65.1 Å². The van der Waals surface area contributed by atoms with E-state index in [2.05, 4.69) is 34.8 Å². The molecule has 1 aromatic heterocycles. The molecule has 0 bridgehead atoms. The van der Waals surface area contributed by atoms with E-state index in [1.54, 1.807) is 16.2 Å². The molecule has 2 heterocycles. The number of carbonyl (C=O) groups is 1. The summed E-state index contributed by atoms with van der Waals surface area (Å²) in [5.74, 6) is 0. The highest BCUT2D eigenvalue weighted by atomic mass is 32.1. The van der Waals surface area contributed by atoms with E-state index in [1.807, 2.05) is 59.4 Å². The monoisotopic (exact) mass is 393 g/mol. The molecular formula is C21H23N5OS. The van der Waals surface area contributed by atoms with Crippen LogP contribution >= 0.6 is 11.3 Å². The molecule has 0 fully saturated rings. The molecule has 0 spiro atoms. The lowest BCUT2D eigenvalue weighted by molar-refractivity contribution is 0.255. The quantitative estimate of drug-likeness (QED) is 0.534. The number of urea groups is 1. The van der Waals surface area contributed by atoms with Gasteiger partial charge in [-0.2, -0.15) is 0 Å². The summed E-state index contributed by atoms with van der Waals surface area (Å²) in [6.07, 6.45) is 0.820. The van der Waals surface area contributed by atoms with Gasteiger partial charge in [0.15, 0.2) is 0 Å². The SMILES string of the molecule is CCC(C)N(C(=O)Nc1ccc2c(c1)NC(c1cscn1)N2)c1ccccc1. The van der Waals surface area contributed by atoms with Crippen LogP contribution in [0.1, 0.15) is 32.1 Å². The zero-order chi connectivity index (χ0) is 19.5. The maximum absolute atomic E-state index is 13.0. The minimum absolute atomic E-state index is 0.0480. The summed E-state index contributed by atoms with van der Waals surface area (Å²) < 4.78 is 0. The molecule has 0 radical (unpaired) electrons. The Balaban J connectivity index is 1.51. The molecule has 1 aliphatic heterocycles. The van der Waals surface area contributed by atoms with Gasteiger partial charge >= 0.3 is 6.03 Å². The van der Waals surface area contributed by atoms with Crippen LogP contribution in [0.25, 0.3) is 0 Å². The lowest BCUT2D eigenvalue weighted by Crippen LogP contribution is -2.41. The number of carbonyl (C=O) groups excluding carboxylic acids is 1. The number of benzene rings is 2. The van der Waals surface area contributed by atoms with Crippen molar-refractivity contribution in [1.29, 1.82) is 0 Å². The van der Waals surface area contributed by atoms with E-state index < -0.39 is 0 Å². The molecule has 0 saturated carbocycles. The molecule has 7 heteroatoms. The molecule has 28 heavy (non-hydrogen) atoms. The average molecular weight is 394 g/mol. The second-order valence-electron chi connectivity index (χ2n) is 6.79. The first-order valence-electron chi connectivity index (χ1n) is 9.36. The molecule has 2 amide bonds. The van der Waals surface area contributed by atoms with Crippen molar-refractivity contribution in [3.63, 3.8) is 0 Å². The maximum atomic E-state index is 13.0. The van der Waals surface area contributed by atoms with Crippen LogP contribution in [0, 0.1) is 0 Å². The molecule has 2 atom stereocenters. The fourth-order valence-corrected chi connectivity index (χ4v) is 3.83. The van der Waals surface area contributed by atoms with Gasteiger partial charge in [-0.05, 0) is 43.7 Å². The molecule has 1 aliphatic rings. The van der Waals surface area contributed by atoms with Crippen molar-refractivity contribution in [1.82, 2.24) is 4.98 Å². The second-order valence-corrected chi connectivity index (χ2v) is 7.51. The highest BCUT2D eigenvalue weighted by Crippen LogP contribution is 2.37. The fourth-order valence-electron chi connectivity index (χ4n) is 3.25. The topological polar surface area (TPSA) is 69.3 Å². The zero-order valence-electron chi connectivity index (χ0n) is 15.8. The highest BCUT2D eigenvalue weighted by molar-refractivity contribution is 7.07. The van der Waals surface area contributed by atoms with Crippen LogP contribution in [0.2, 0.25) is 0 Å². The number of nitrogens with zero attached hydrogens (tertiary/aromatic N) is 2. The summed E-state index contributed by atoms with van der Waals surface area (Å²) in [5.41, 5.74) is 6.36. The van der Waals surface area contributed by atoms with E-state index in [-0.39, 0.29) is 18.2 Å². The van der Waals surface area contributed by atoms with Crippen LogP contribution in [0.5, 0.6) is 0 Å². The summed E-state index contributed by atoms with van der Waals surface area (Å²) in [5, 5.41) is 11.9. The number of nitrogens with one attached hydrogen (secondary N) is 3. The Morgan fingerprint density at radius 3 is 2.71 bits per heavy atom. The van der Waals surface area contributed by atoms with E-state index in [1.165, 1.54) is 0 Å². The Bertz CT molecular complexity index is 945. The van der Waals surface area contributed by atoms with Gasteiger partial charge in [-0.1, -0.05) is 25.1 Å². The normalized spacial score (nSPS) is 15.9. The third-order valence-electron chi connectivity index (χ3n) is 4.90. The standard InChI is InChI=1S/C21H23N5OS/c1-3-14(2)26(16-7-5-4-6-8-16)21(27)23-15-9-10-17-18(11-15)25-20(24-17)19-12-28-13-22-19/h4-14,20,24-25H,3H2,1-2H3,(H,23,27). The van der Waals surface area contributed by atoms with Gasteiger partial charge in [0, 0.05) is 22.8 Å². The van der Waals surface area contributed by atoms with E-state index >= 15 is 0 Å². The van der Waals surface area contributed by atoms with Gasteiger partial charge in [-0.3, -0.25) is 4.90 Å². The van der Waals surface area contributed by atoms with E-state index in [0.717, 1.165) is 34.9 Å². The van der Waals surface area contributed by atoms with Gasteiger partial charge < -0.3 is 16.0 Å². The van der Waals surface area contributed by atoms with Crippen LogP contribution in [0.3, 0.4) is 0 Å². The first-order chi connectivity index (χ1) is 13.7. The number of anilines is 4. The lowest BCUT2D eigenvalue weighted by atomic mass is 10.2. The Morgan fingerprint density at radius 1 is 1.21 bits per heavy atom. The molecule has 2 unspecified atom stereocenters. The molecular weight excluding hydrogens is 370 g/mol. The Labute approximate surface area is 168 Å². The number of fused-ring (bicyclic) bond motifs is 1. The predicted molar refractivity (Wildman–Crippen MR) is 116 cm³/mol. The smallest absolute Gasteiger partial charge is 0.326 e. The van der Waals surface area contributed by atoms with Crippen molar-refractivity contribution >= 4 is 40.1 Å². The first kappa shape index (κ1) is 18.3. The third kappa shape index (κ3) is 3.66. The Morgan fingerprint density at radius 2 is 2.00 bits per heavy atom. The van der Waals surface area contributed by atoms with Crippen molar-refractivity contribution in [2.75, 3.05) is 20.9 Å². The van der Waals surface area contributed by atoms with Gasteiger partial charge in [0.05, 0.1) is 22.6 Å². The van der Waals surface area contributed by atoms with Crippen molar-refractivity contribution in [2.45, 2.75) is 32.5 Å². The van der Waals surface area contributed by atoms with Crippen molar-refractivity contribution < 1.29 is 4.79 Å². The van der Waals surface area contributed by atoms with Gasteiger partial charge in [0.1, 0.15) is 6.17 Å². The Kier molecular flexibility index (Phi) is 5.16. The molecule has 2 aromatic carbocycles. The zero-order valence-corrected chi connectivity index (χ0v) is 16.7. The van der Waals surface area contributed by atoms with Crippen LogP contribution in [-0.4, -0.2) is 17.1 Å². The largest absolute Gasteiger partial charge is 0.359 e. The molecule has 0 aliphatic carbocycles. The minimum atomic E-state index is -0.137. The maximum Gasteiger partial charge on any atom is 0.326 e. The van der Waals surface area contributed by atoms with Gasteiger partial charge in [-0.15, -0.1) is 11.3 Å². The van der Waals surface area contributed by atoms with Crippen molar-refractivity contribution in [2.24, 2.45) is 0 Å². The summed E-state index contributed by atoms with van der Waals surface area (Å²) >= 11 is 1.57. The van der Waals surface area contributed by atoms with Gasteiger partial charge in [-0.25, -0.2) is 9.78 Å². The molecule has 0 saturated heterocycles. The second kappa shape index (κ2) is 7.90. The number of hydrogen-bond acceptors (Lipinski definition) is 5. The predicted octanol–water partition coefficient (Wildman–Crippen LogP) is 5.52. The van der Waals surface area contributed by atoms with Gasteiger partial charge in [0.2, 0.25) is 0 Å². The summed E-state index contributed by atoms with van der Waals surface area (Å²) in [7, 11) is 0. The highest BCUT2D eigenvalue weighted by Gasteiger charge is 2.24. The van der Waals surface area contributed by atoms with Crippen LogP contribution in [0.4, 0.5) is 27.5 Å². The van der Waals surface area contributed by atoms with E-state index in [0.29, 0.717) is 0 Å². The number of para-hydroxylation sites is 1. The molecule has 6 nitrogen and oxygen atoms in total. The van der Waals surface area contributed by atoms with Gasteiger partial charge in [0.25, 0.3) is 0 Å². The van der Waals surface area contributed by atoms with Crippen molar-refractivity contribution in [3.8, 4) is 0 Å².